The summed E-state index contributed by atoms with van der Waals surface area (Å²) in [5.74, 6) is -2.38. The molecule has 0 aliphatic heterocycles. The van der Waals surface area contributed by atoms with Crippen LogP contribution in [0.3, 0.4) is 0 Å². The lowest BCUT2D eigenvalue weighted by atomic mass is 9.78. The number of carbonyl (C=O) groups excluding carboxylic acids is 1. The van der Waals surface area contributed by atoms with Gasteiger partial charge in [0, 0.05) is 42.3 Å². The molecular formula is C23H31F3N2O2. The number of benzene rings is 1. The number of aromatic nitrogens is 2. The average molecular weight is 425 g/mol. The second kappa shape index (κ2) is 7.89. The molecule has 1 aromatic heterocycles. The molecule has 0 unspecified atom stereocenters. The Morgan fingerprint density at radius 1 is 1.27 bits per heavy atom. The molecular weight excluding hydrogens is 393 g/mol. The number of rotatable bonds is 9. The van der Waals surface area contributed by atoms with Gasteiger partial charge in [-0.25, -0.2) is 18.2 Å². The predicted octanol–water partition coefficient (Wildman–Crippen LogP) is 6.05. The van der Waals surface area contributed by atoms with Crippen LogP contribution >= 0.6 is 0 Å². The molecule has 1 saturated carbocycles. The van der Waals surface area contributed by atoms with Gasteiger partial charge in [-0.15, -0.1) is 0 Å². The molecule has 3 rings (SSSR count). The third-order valence-electron chi connectivity index (χ3n) is 6.65. The molecule has 1 fully saturated rings. The summed E-state index contributed by atoms with van der Waals surface area (Å²) in [6.45, 7) is 5.82. The van der Waals surface area contributed by atoms with Crippen molar-refractivity contribution in [1.82, 2.24) is 9.55 Å². The Balaban J connectivity index is 1.80. The maximum atomic E-state index is 14.6. The molecule has 2 aromatic rings. The molecule has 0 spiro atoms. The van der Waals surface area contributed by atoms with Crippen molar-refractivity contribution in [2.75, 3.05) is 7.11 Å². The number of alkyl halides is 2. The minimum atomic E-state index is -2.92. The summed E-state index contributed by atoms with van der Waals surface area (Å²) in [7, 11) is 1.50. The highest BCUT2D eigenvalue weighted by Gasteiger charge is 2.43. The van der Waals surface area contributed by atoms with Gasteiger partial charge in [-0.3, -0.25) is 4.79 Å². The monoisotopic (exact) mass is 424 g/mol. The number of ether oxygens (including phenoxy) is 1. The van der Waals surface area contributed by atoms with Gasteiger partial charge in [-0.2, -0.15) is 0 Å². The van der Waals surface area contributed by atoms with Crippen LogP contribution in [0.2, 0.25) is 0 Å². The number of carbonyl (C=O) groups is 1. The molecule has 1 aromatic carbocycles. The van der Waals surface area contributed by atoms with E-state index in [9.17, 15) is 18.0 Å². The molecule has 166 valence electrons. The van der Waals surface area contributed by atoms with Gasteiger partial charge in [-0.05, 0) is 39.5 Å². The molecule has 7 heteroatoms. The smallest absolute Gasteiger partial charge is 0.250 e. The van der Waals surface area contributed by atoms with E-state index in [1.807, 2.05) is 0 Å². The minimum Gasteiger partial charge on any atom is -0.497 e. The van der Waals surface area contributed by atoms with Crippen molar-refractivity contribution in [3.8, 4) is 5.75 Å². The first-order chi connectivity index (χ1) is 13.9. The van der Waals surface area contributed by atoms with Gasteiger partial charge < -0.3 is 9.30 Å². The van der Waals surface area contributed by atoms with E-state index in [0.717, 1.165) is 32.0 Å². The first kappa shape index (κ1) is 22.6. The molecule has 30 heavy (non-hydrogen) atoms. The zero-order chi connectivity index (χ0) is 22.3. The number of aryl methyl sites for hydroxylation is 1. The fourth-order valence-electron chi connectivity index (χ4n) is 4.14. The van der Waals surface area contributed by atoms with Gasteiger partial charge in [0.1, 0.15) is 22.9 Å². The maximum absolute atomic E-state index is 14.6. The number of Topliss-reactive ketones (excluding diaryl/α,β-unsaturated/α-hetero) is 1. The van der Waals surface area contributed by atoms with Crippen LogP contribution in [-0.4, -0.2) is 28.4 Å². The highest BCUT2D eigenvalue weighted by Crippen LogP contribution is 2.43. The third-order valence-corrected chi connectivity index (χ3v) is 6.65. The van der Waals surface area contributed by atoms with Gasteiger partial charge in [0.2, 0.25) is 0 Å². The first-order valence-electron chi connectivity index (χ1n) is 10.5. The Morgan fingerprint density at radius 3 is 2.47 bits per heavy atom. The highest BCUT2D eigenvalue weighted by atomic mass is 19.3. The normalized spacial score (nSPS) is 16.5. The molecule has 1 heterocycles. The van der Waals surface area contributed by atoms with Crippen molar-refractivity contribution in [2.45, 2.75) is 84.1 Å². The van der Waals surface area contributed by atoms with Crippen molar-refractivity contribution in [1.29, 1.82) is 0 Å². The van der Waals surface area contributed by atoms with Gasteiger partial charge in [0.05, 0.1) is 12.6 Å². The summed E-state index contributed by atoms with van der Waals surface area (Å²) in [6.07, 6.45) is 4.05. The summed E-state index contributed by atoms with van der Waals surface area (Å²) in [6, 6.07) is 3.12. The number of nitrogens with zero attached hydrogens (tertiary/aromatic N) is 2. The van der Waals surface area contributed by atoms with E-state index in [0.29, 0.717) is 29.6 Å². The van der Waals surface area contributed by atoms with Crippen LogP contribution in [0.15, 0.2) is 12.1 Å². The number of ketones is 1. The maximum Gasteiger partial charge on any atom is 0.250 e. The molecule has 1 aliphatic rings. The molecule has 0 N–H and O–H groups in total. The Kier molecular flexibility index (Phi) is 5.95. The quantitative estimate of drug-likeness (QED) is 0.492. The van der Waals surface area contributed by atoms with E-state index in [-0.39, 0.29) is 24.2 Å². The van der Waals surface area contributed by atoms with E-state index in [4.69, 9.17) is 4.74 Å². The molecule has 0 atom stereocenters. The highest BCUT2D eigenvalue weighted by molar-refractivity contribution is 5.80. The fraction of sp³-hybridized carbons (Fsp3) is 0.652. The van der Waals surface area contributed by atoms with Crippen LogP contribution in [0.1, 0.15) is 72.0 Å². The molecule has 0 amide bonds. The van der Waals surface area contributed by atoms with E-state index in [1.54, 1.807) is 6.07 Å². The van der Waals surface area contributed by atoms with Crippen LogP contribution in [0.5, 0.6) is 5.75 Å². The average Bonchev–Trinajstić information content (AvgIpc) is 2.97. The van der Waals surface area contributed by atoms with Crippen LogP contribution in [-0.2, 0) is 16.8 Å². The van der Waals surface area contributed by atoms with Crippen molar-refractivity contribution >= 4 is 16.8 Å². The summed E-state index contributed by atoms with van der Waals surface area (Å²) in [5, 5.41) is 0. The van der Waals surface area contributed by atoms with Gasteiger partial charge in [0.15, 0.2) is 5.82 Å². The van der Waals surface area contributed by atoms with Crippen molar-refractivity contribution in [3.63, 3.8) is 0 Å². The first-order valence-corrected chi connectivity index (χ1v) is 10.5. The van der Waals surface area contributed by atoms with Crippen molar-refractivity contribution in [2.24, 2.45) is 5.41 Å². The number of imidazole rings is 1. The standard InChI is InChI=1S/C23H31F3N2O2/c1-21(2,23(4,25)26)14-15(29)8-6-9-19-27-20-17(24)12-16(30-5)13-18(20)28(19)22(3)10-7-11-22/h12-13H,6-11,14H2,1-5H3. The number of hydrogen-bond acceptors (Lipinski definition) is 3. The Bertz CT molecular complexity index is 940. The topological polar surface area (TPSA) is 44.1 Å². The molecule has 1 aliphatic carbocycles. The van der Waals surface area contributed by atoms with Crippen molar-refractivity contribution in [3.05, 3.63) is 23.8 Å². The molecule has 0 radical (unpaired) electrons. The predicted molar refractivity (Wildman–Crippen MR) is 111 cm³/mol. The summed E-state index contributed by atoms with van der Waals surface area (Å²) >= 11 is 0. The second-order valence-electron chi connectivity index (χ2n) is 9.53. The lowest BCUT2D eigenvalue weighted by Gasteiger charge is -2.41. The van der Waals surface area contributed by atoms with E-state index < -0.39 is 17.2 Å². The Labute approximate surface area is 175 Å². The van der Waals surface area contributed by atoms with Gasteiger partial charge in [-0.1, -0.05) is 13.8 Å². The van der Waals surface area contributed by atoms with Crippen LogP contribution in [0, 0.1) is 11.2 Å². The summed E-state index contributed by atoms with van der Waals surface area (Å²) < 4.78 is 49.3. The summed E-state index contributed by atoms with van der Waals surface area (Å²) in [5.41, 5.74) is -0.519. The number of fused-ring (bicyclic) bond motifs is 1. The second-order valence-corrected chi connectivity index (χ2v) is 9.53. The van der Waals surface area contributed by atoms with E-state index in [1.165, 1.54) is 27.0 Å². The van der Waals surface area contributed by atoms with Gasteiger partial charge in [0.25, 0.3) is 5.92 Å². The van der Waals surface area contributed by atoms with E-state index >= 15 is 0 Å². The van der Waals surface area contributed by atoms with Crippen LogP contribution in [0.4, 0.5) is 13.2 Å². The molecule has 0 saturated heterocycles. The lowest BCUT2D eigenvalue weighted by Crippen LogP contribution is -2.38. The van der Waals surface area contributed by atoms with Crippen LogP contribution in [0.25, 0.3) is 11.0 Å². The summed E-state index contributed by atoms with van der Waals surface area (Å²) in [4.78, 5) is 16.9. The van der Waals surface area contributed by atoms with Crippen LogP contribution < -0.4 is 4.74 Å². The fourth-order valence-corrected chi connectivity index (χ4v) is 4.14. The zero-order valence-corrected chi connectivity index (χ0v) is 18.4. The third kappa shape index (κ3) is 4.21. The van der Waals surface area contributed by atoms with Gasteiger partial charge >= 0.3 is 0 Å². The SMILES string of the molecule is COc1cc(F)c2nc(CCCC(=O)CC(C)(C)C(C)(F)F)n(C3(C)CCC3)c2c1. The number of methoxy groups -OCH3 is 1. The zero-order valence-electron chi connectivity index (χ0n) is 18.4. The molecule has 0 bridgehead atoms. The number of hydrogen-bond donors (Lipinski definition) is 0. The Morgan fingerprint density at radius 2 is 1.93 bits per heavy atom. The largest absolute Gasteiger partial charge is 0.497 e. The Hall–Kier alpha value is -2.05. The van der Waals surface area contributed by atoms with E-state index in [2.05, 4.69) is 16.5 Å². The number of halogens is 3. The minimum absolute atomic E-state index is 0.140. The molecule has 4 nitrogen and oxygen atoms in total. The van der Waals surface area contributed by atoms with Crippen molar-refractivity contribution < 1.29 is 22.7 Å². The lowest BCUT2D eigenvalue weighted by molar-refractivity contribution is -0.132.